The Morgan fingerprint density at radius 2 is 2.05 bits per heavy atom. The van der Waals surface area contributed by atoms with Gasteiger partial charge in [-0.1, -0.05) is 18.2 Å². The summed E-state index contributed by atoms with van der Waals surface area (Å²) < 4.78 is 29.6. The molecule has 1 aliphatic rings. The number of carboxylic acid groups (broad SMARTS) is 1. The van der Waals surface area contributed by atoms with Crippen LogP contribution >= 0.6 is 0 Å². The summed E-state index contributed by atoms with van der Waals surface area (Å²) in [4.78, 5) is 11.2. The van der Waals surface area contributed by atoms with Gasteiger partial charge < -0.3 is 15.7 Å². The molecule has 1 rings (SSSR count). The fourth-order valence-corrected chi connectivity index (χ4v) is 1.91. The lowest BCUT2D eigenvalue weighted by Crippen LogP contribution is -2.30. The van der Waals surface area contributed by atoms with Crippen LogP contribution in [0.4, 0.5) is 0 Å². The van der Waals surface area contributed by atoms with Crippen LogP contribution in [0, 0.1) is 0 Å². The lowest BCUT2D eigenvalue weighted by Gasteiger charge is -2.27. The van der Waals surface area contributed by atoms with Crippen LogP contribution in [-0.2, 0) is 14.9 Å². The van der Waals surface area contributed by atoms with Gasteiger partial charge in [0.05, 0.1) is 18.3 Å². The molecule has 0 aromatic rings. The molecule has 0 spiro atoms. The first kappa shape index (κ1) is 18.4. The van der Waals surface area contributed by atoms with Gasteiger partial charge in [-0.3, -0.25) is 9.35 Å². The molecular weight excluding hydrogens is 284 g/mol. The van der Waals surface area contributed by atoms with E-state index in [9.17, 15) is 13.2 Å². The number of rotatable bonds is 6. The summed E-state index contributed by atoms with van der Waals surface area (Å²) in [7, 11) is -3.84. The minimum atomic E-state index is -3.84. The summed E-state index contributed by atoms with van der Waals surface area (Å²) in [5.41, 5.74) is 4.57. The normalized spacial score (nSPS) is 17.3. The highest BCUT2D eigenvalue weighted by molar-refractivity contribution is 7.85. The smallest absolute Gasteiger partial charge is 0.317 e. The Kier molecular flexibility index (Phi) is 8.53. The Morgan fingerprint density at radius 1 is 1.45 bits per heavy atom. The van der Waals surface area contributed by atoms with Crippen molar-refractivity contribution in [3.8, 4) is 0 Å². The Hall–Kier alpha value is -1.64. The van der Waals surface area contributed by atoms with E-state index in [1.807, 2.05) is 29.3 Å². The van der Waals surface area contributed by atoms with Crippen molar-refractivity contribution in [1.29, 1.82) is 0 Å². The van der Waals surface area contributed by atoms with Crippen LogP contribution in [0.3, 0.4) is 0 Å². The van der Waals surface area contributed by atoms with E-state index in [1.165, 1.54) is 0 Å². The molecule has 7 nitrogen and oxygen atoms in total. The largest absolute Gasteiger partial charge is 0.480 e. The van der Waals surface area contributed by atoms with Crippen LogP contribution in [0.25, 0.3) is 0 Å². The maximum atomic E-state index is 10.5. The van der Waals surface area contributed by atoms with Crippen molar-refractivity contribution >= 4 is 16.1 Å². The summed E-state index contributed by atoms with van der Waals surface area (Å²) in [5.74, 6) is -1.17. The van der Waals surface area contributed by atoms with Gasteiger partial charge in [0.15, 0.2) is 0 Å². The van der Waals surface area contributed by atoms with Crippen LogP contribution in [-0.4, -0.2) is 53.8 Å². The summed E-state index contributed by atoms with van der Waals surface area (Å²) in [5, 5.41) is 7.60. The highest BCUT2D eigenvalue weighted by atomic mass is 32.2. The third-order valence-corrected chi connectivity index (χ3v) is 3.12. The van der Waals surface area contributed by atoms with E-state index in [0.29, 0.717) is 13.0 Å². The van der Waals surface area contributed by atoms with E-state index in [-0.39, 0.29) is 18.3 Å². The molecule has 0 saturated carbocycles. The second kappa shape index (κ2) is 9.29. The van der Waals surface area contributed by atoms with Gasteiger partial charge in [0.1, 0.15) is 0 Å². The molecule has 0 amide bonds. The minimum absolute atomic E-state index is 0.108. The zero-order chi connectivity index (χ0) is 15.6. The summed E-state index contributed by atoms with van der Waals surface area (Å²) in [6.07, 6.45) is 9.85. The number of allylic oxidation sites excluding steroid dienone is 2. The Balaban J connectivity index is 0.000000621. The summed E-state index contributed by atoms with van der Waals surface area (Å²) >= 11 is 0. The van der Waals surface area contributed by atoms with Crippen molar-refractivity contribution in [2.24, 2.45) is 5.73 Å². The molecule has 0 saturated heterocycles. The van der Waals surface area contributed by atoms with Crippen LogP contribution in [0.2, 0.25) is 0 Å². The molecule has 0 fully saturated rings. The quantitative estimate of drug-likeness (QED) is 0.474. The predicted molar refractivity (Wildman–Crippen MR) is 76.7 cm³/mol. The SMILES string of the molecule is C=CC1C=CC=CN1CCCS(=O)(=O)O.NCC(=O)O. The minimum Gasteiger partial charge on any atom is -0.480 e. The van der Waals surface area contributed by atoms with Gasteiger partial charge >= 0.3 is 5.97 Å². The van der Waals surface area contributed by atoms with Gasteiger partial charge in [-0.25, -0.2) is 0 Å². The highest BCUT2D eigenvalue weighted by Gasteiger charge is 2.12. The zero-order valence-corrected chi connectivity index (χ0v) is 11.9. The predicted octanol–water partition coefficient (Wildman–Crippen LogP) is 0.234. The van der Waals surface area contributed by atoms with Crippen molar-refractivity contribution < 1.29 is 22.9 Å². The first-order valence-electron chi connectivity index (χ1n) is 5.90. The maximum absolute atomic E-state index is 10.5. The number of carbonyl (C=O) groups is 1. The molecule has 0 radical (unpaired) electrons. The number of nitrogens with zero attached hydrogens (tertiary/aromatic N) is 1. The first-order valence-corrected chi connectivity index (χ1v) is 7.51. The maximum Gasteiger partial charge on any atom is 0.317 e. The molecule has 8 heteroatoms. The van der Waals surface area contributed by atoms with Crippen LogP contribution in [0.15, 0.2) is 37.1 Å². The molecule has 0 bridgehead atoms. The molecule has 1 heterocycles. The second-order valence-corrected chi connectivity index (χ2v) is 5.50. The monoisotopic (exact) mass is 304 g/mol. The van der Waals surface area contributed by atoms with E-state index < -0.39 is 16.1 Å². The molecule has 1 unspecified atom stereocenters. The third-order valence-electron chi connectivity index (χ3n) is 2.31. The summed E-state index contributed by atoms with van der Waals surface area (Å²) in [6, 6.07) is 0.108. The number of aliphatic carboxylic acids is 1. The van der Waals surface area contributed by atoms with Crippen LogP contribution in [0.1, 0.15) is 6.42 Å². The number of hydrogen-bond acceptors (Lipinski definition) is 5. The fraction of sp³-hybridized carbons (Fsp3) is 0.417. The van der Waals surface area contributed by atoms with E-state index in [0.717, 1.165) is 0 Å². The van der Waals surface area contributed by atoms with Crippen molar-refractivity contribution in [2.45, 2.75) is 12.5 Å². The van der Waals surface area contributed by atoms with Crippen molar-refractivity contribution in [3.05, 3.63) is 37.1 Å². The molecule has 0 aromatic carbocycles. The van der Waals surface area contributed by atoms with Gasteiger partial charge in [0.25, 0.3) is 10.1 Å². The van der Waals surface area contributed by atoms with E-state index >= 15 is 0 Å². The second-order valence-electron chi connectivity index (χ2n) is 3.93. The molecule has 114 valence electrons. The topological polar surface area (TPSA) is 121 Å². The average molecular weight is 304 g/mol. The van der Waals surface area contributed by atoms with Crippen LogP contribution < -0.4 is 5.73 Å². The van der Waals surface area contributed by atoms with Crippen LogP contribution in [0.5, 0.6) is 0 Å². The first-order chi connectivity index (χ1) is 9.30. The molecule has 0 aliphatic carbocycles. The van der Waals surface area contributed by atoms with Gasteiger partial charge in [0, 0.05) is 6.54 Å². The van der Waals surface area contributed by atoms with Gasteiger partial charge in [-0.2, -0.15) is 8.42 Å². The van der Waals surface area contributed by atoms with E-state index in [1.54, 1.807) is 6.08 Å². The molecule has 4 N–H and O–H groups in total. The highest BCUT2D eigenvalue weighted by Crippen LogP contribution is 2.09. The lowest BCUT2D eigenvalue weighted by molar-refractivity contribution is -0.135. The van der Waals surface area contributed by atoms with Crippen molar-refractivity contribution in [2.75, 3.05) is 18.8 Å². The molecular formula is C12H20N2O5S. The fourth-order valence-electron chi connectivity index (χ4n) is 1.42. The van der Waals surface area contributed by atoms with Crippen molar-refractivity contribution in [1.82, 2.24) is 4.90 Å². The Morgan fingerprint density at radius 3 is 2.50 bits per heavy atom. The average Bonchev–Trinajstić information content (AvgIpc) is 2.38. The standard InChI is InChI=1S/C10H15NO3S.C2H5NO2/c1-2-10-6-3-4-7-11(10)8-5-9-15(12,13)14;3-1-2(4)5/h2-4,6-7,10H,1,5,8-9H2,(H,12,13,14);1,3H2,(H,4,5). The Labute approximate surface area is 118 Å². The Bertz CT molecular complexity index is 470. The number of nitrogens with two attached hydrogens (primary N) is 1. The van der Waals surface area contributed by atoms with E-state index in [2.05, 4.69) is 12.3 Å². The molecule has 0 aromatic heterocycles. The lowest BCUT2D eigenvalue weighted by atomic mass is 10.2. The zero-order valence-electron chi connectivity index (χ0n) is 11.1. The molecule has 1 atom stereocenters. The van der Waals surface area contributed by atoms with Gasteiger partial charge in [0.2, 0.25) is 0 Å². The third kappa shape index (κ3) is 9.31. The van der Waals surface area contributed by atoms with Gasteiger partial charge in [-0.15, -0.1) is 6.58 Å². The van der Waals surface area contributed by atoms with Gasteiger partial charge in [-0.05, 0) is 18.7 Å². The number of hydrogen-bond donors (Lipinski definition) is 3. The number of carboxylic acids is 1. The van der Waals surface area contributed by atoms with E-state index in [4.69, 9.17) is 9.66 Å². The van der Waals surface area contributed by atoms with Crippen molar-refractivity contribution in [3.63, 3.8) is 0 Å². The summed E-state index contributed by atoms with van der Waals surface area (Å²) in [6.45, 7) is 4.00. The molecule has 20 heavy (non-hydrogen) atoms. The molecule has 1 aliphatic heterocycles.